The molecule has 5 nitrogen and oxygen atoms in total. The van der Waals surface area contributed by atoms with Crippen LogP contribution in [0.3, 0.4) is 0 Å². The average molecular weight is 482 g/mol. The smallest absolute Gasteiger partial charge is 0.337 e. The van der Waals surface area contributed by atoms with Crippen molar-refractivity contribution < 1.29 is 19.1 Å². The molecule has 0 radical (unpaired) electrons. The summed E-state index contributed by atoms with van der Waals surface area (Å²) in [6.07, 6.45) is 6.70. The van der Waals surface area contributed by atoms with E-state index >= 15 is 0 Å². The van der Waals surface area contributed by atoms with Gasteiger partial charge in [-0.3, -0.25) is 0 Å². The fourth-order valence-corrected chi connectivity index (χ4v) is 4.39. The Bertz CT molecular complexity index is 1420. The van der Waals surface area contributed by atoms with Gasteiger partial charge in [-0.05, 0) is 68.7 Å². The standard InChI is InChI=1S/C31H31NO4/c1-7-9-12-22-17-28(35-27(22)8-2)29-20(5)19(4)24-15-18(3)16-25(30(24)36-29)21(6)32-26-14-11-10-13-23(26)31(33)34/h8-17,21,32H,2,4,7H2,1,3,5-6H3,(H,33,34)/b12-9-. The van der Waals surface area contributed by atoms with E-state index in [1.165, 1.54) is 0 Å². The van der Waals surface area contributed by atoms with Crippen LogP contribution in [-0.2, 0) is 0 Å². The number of carboxylic acids is 1. The quantitative estimate of drug-likeness (QED) is 0.338. The number of para-hydroxylation sites is 1. The van der Waals surface area contributed by atoms with Gasteiger partial charge in [0, 0.05) is 28.0 Å². The zero-order chi connectivity index (χ0) is 26.0. The van der Waals surface area contributed by atoms with E-state index in [4.69, 9.17) is 9.15 Å². The van der Waals surface area contributed by atoms with Crippen LogP contribution in [-0.4, -0.2) is 11.1 Å². The number of nitrogens with one attached hydrogen (secondary N) is 1. The van der Waals surface area contributed by atoms with Gasteiger partial charge in [-0.1, -0.05) is 50.4 Å². The van der Waals surface area contributed by atoms with E-state index in [-0.39, 0.29) is 11.6 Å². The molecular formula is C31H31NO4. The number of allylic oxidation sites excluding steroid dienone is 3. The summed E-state index contributed by atoms with van der Waals surface area (Å²) in [4.78, 5) is 11.7. The van der Waals surface area contributed by atoms with Crippen LogP contribution >= 0.6 is 0 Å². The zero-order valence-corrected chi connectivity index (χ0v) is 21.1. The number of furan rings is 1. The summed E-state index contributed by atoms with van der Waals surface area (Å²) in [7, 11) is 0. The molecule has 1 aliphatic rings. The van der Waals surface area contributed by atoms with Gasteiger partial charge in [-0.2, -0.15) is 0 Å². The Hall–Kier alpha value is -4.25. The molecule has 0 amide bonds. The lowest BCUT2D eigenvalue weighted by atomic mass is 9.90. The lowest BCUT2D eigenvalue weighted by Gasteiger charge is -2.28. The van der Waals surface area contributed by atoms with Gasteiger partial charge in [0.15, 0.2) is 11.5 Å². The van der Waals surface area contributed by atoms with Crippen LogP contribution in [0.1, 0.15) is 77.4 Å². The van der Waals surface area contributed by atoms with Gasteiger partial charge in [0.2, 0.25) is 0 Å². The predicted molar refractivity (Wildman–Crippen MR) is 147 cm³/mol. The minimum absolute atomic E-state index is 0.216. The fraction of sp³-hybridized carbons (Fsp3) is 0.194. The van der Waals surface area contributed by atoms with E-state index in [9.17, 15) is 9.90 Å². The highest BCUT2D eigenvalue weighted by molar-refractivity contribution is 5.94. The zero-order valence-electron chi connectivity index (χ0n) is 21.1. The van der Waals surface area contributed by atoms with E-state index < -0.39 is 5.97 Å². The van der Waals surface area contributed by atoms with Crippen LogP contribution in [0.2, 0.25) is 0 Å². The lowest BCUT2D eigenvalue weighted by molar-refractivity contribution is 0.0698. The van der Waals surface area contributed by atoms with E-state index in [1.54, 1.807) is 24.3 Å². The highest BCUT2D eigenvalue weighted by atomic mass is 16.5. The molecule has 0 spiro atoms. The van der Waals surface area contributed by atoms with Crippen LogP contribution in [0, 0.1) is 6.92 Å². The first-order valence-corrected chi connectivity index (χ1v) is 12.0. The predicted octanol–water partition coefficient (Wildman–Crippen LogP) is 8.36. The van der Waals surface area contributed by atoms with Crippen LogP contribution in [0.25, 0.3) is 23.5 Å². The number of hydrogen-bond acceptors (Lipinski definition) is 4. The third kappa shape index (κ3) is 4.65. The second-order valence-corrected chi connectivity index (χ2v) is 8.93. The molecule has 1 aliphatic heterocycles. The monoisotopic (exact) mass is 481 g/mol. The van der Waals surface area contributed by atoms with Crippen LogP contribution in [0.15, 0.2) is 71.7 Å². The number of ether oxygens (including phenoxy) is 1. The number of aryl methyl sites for hydroxylation is 1. The number of carbonyl (C=O) groups is 1. The minimum atomic E-state index is -0.981. The number of benzene rings is 2. The average Bonchev–Trinajstić information content (AvgIpc) is 3.27. The SMILES string of the molecule is C=Cc1oc(C2=C(C)C(=C)c3cc(C)cc(C(C)Nc4ccccc4C(=O)O)c3O2)cc1/C=C\CC. The molecule has 1 unspecified atom stereocenters. The van der Waals surface area contributed by atoms with E-state index in [1.807, 2.05) is 39.0 Å². The molecule has 2 heterocycles. The lowest BCUT2D eigenvalue weighted by Crippen LogP contribution is -2.15. The number of rotatable bonds is 8. The van der Waals surface area contributed by atoms with Gasteiger partial charge in [0.1, 0.15) is 11.5 Å². The summed E-state index contributed by atoms with van der Waals surface area (Å²) in [6, 6.07) is 12.7. The first-order valence-electron chi connectivity index (χ1n) is 12.0. The molecular weight excluding hydrogens is 450 g/mol. The van der Waals surface area contributed by atoms with Gasteiger partial charge in [-0.15, -0.1) is 0 Å². The summed E-state index contributed by atoms with van der Waals surface area (Å²) in [5, 5.41) is 13.0. The summed E-state index contributed by atoms with van der Waals surface area (Å²) in [6.45, 7) is 16.3. The Morgan fingerprint density at radius 2 is 1.94 bits per heavy atom. The summed E-state index contributed by atoms with van der Waals surface area (Å²) >= 11 is 0. The van der Waals surface area contributed by atoms with Crippen molar-refractivity contribution in [3.63, 3.8) is 0 Å². The molecule has 1 aromatic heterocycles. The van der Waals surface area contributed by atoms with E-state index in [0.717, 1.165) is 39.8 Å². The Labute approximate surface area is 212 Å². The molecule has 184 valence electrons. The van der Waals surface area contributed by atoms with Crippen molar-refractivity contribution in [2.24, 2.45) is 0 Å². The van der Waals surface area contributed by atoms with Crippen LogP contribution < -0.4 is 10.1 Å². The summed E-state index contributed by atoms with van der Waals surface area (Å²) in [5.41, 5.74) is 6.32. The van der Waals surface area contributed by atoms with Gasteiger partial charge < -0.3 is 19.6 Å². The fourth-order valence-electron chi connectivity index (χ4n) is 4.39. The molecule has 0 bridgehead atoms. The minimum Gasteiger partial charge on any atom is -0.478 e. The molecule has 2 aromatic carbocycles. The van der Waals surface area contributed by atoms with Crippen molar-refractivity contribution in [1.82, 2.24) is 0 Å². The van der Waals surface area contributed by atoms with Crippen molar-refractivity contribution in [3.05, 3.63) is 107 Å². The summed E-state index contributed by atoms with van der Waals surface area (Å²) in [5.74, 6) is 1.59. The first-order chi connectivity index (χ1) is 17.2. The second-order valence-electron chi connectivity index (χ2n) is 8.93. The molecule has 0 aliphatic carbocycles. The largest absolute Gasteiger partial charge is 0.478 e. The molecule has 1 atom stereocenters. The third-order valence-electron chi connectivity index (χ3n) is 6.31. The Morgan fingerprint density at radius 1 is 1.19 bits per heavy atom. The maximum Gasteiger partial charge on any atom is 0.337 e. The van der Waals surface area contributed by atoms with Gasteiger partial charge in [0.25, 0.3) is 0 Å². The van der Waals surface area contributed by atoms with Crippen LogP contribution in [0.5, 0.6) is 5.75 Å². The molecule has 0 saturated heterocycles. The van der Waals surface area contributed by atoms with Crippen molar-refractivity contribution >= 4 is 35.1 Å². The van der Waals surface area contributed by atoms with Crippen LogP contribution in [0.4, 0.5) is 5.69 Å². The molecule has 0 saturated carbocycles. The number of anilines is 1. The van der Waals surface area contributed by atoms with Gasteiger partial charge in [0.05, 0.1) is 11.6 Å². The number of carboxylic acid groups (broad SMARTS) is 1. The molecule has 3 aromatic rings. The number of fused-ring (bicyclic) bond motifs is 1. The van der Waals surface area contributed by atoms with Crippen molar-refractivity contribution in [3.8, 4) is 5.75 Å². The molecule has 4 rings (SSSR count). The van der Waals surface area contributed by atoms with Gasteiger partial charge >= 0.3 is 5.97 Å². The topological polar surface area (TPSA) is 71.7 Å². The highest BCUT2D eigenvalue weighted by Gasteiger charge is 2.29. The molecule has 0 fully saturated rings. The van der Waals surface area contributed by atoms with E-state index in [2.05, 4.69) is 43.6 Å². The van der Waals surface area contributed by atoms with Crippen molar-refractivity contribution in [1.29, 1.82) is 0 Å². The van der Waals surface area contributed by atoms with E-state index in [0.29, 0.717) is 28.7 Å². The first kappa shape index (κ1) is 24.9. The maximum atomic E-state index is 11.7. The Kier molecular flexibility index (Phi) is 7.02. The molecule has 5 heteroatoms. The number of hydrogen-bond donors (Lipinski definition) is 2. The second kappa shape index (κ2) is 10.2. The highest BCUT2D eigenvalue weighted by Crippen LogP contribution is 2.46. The maximum absolute atomic E-state index is 11.7. The number of aromatic carboxylic acids is 1. The van der Waals surface area contributed by atoms with Crippen molar-refractivity contribution in [2.45, 2.75) is 40.2 Å². The summed E-state index contributed by atoms with van der Waals surface area (Å²) < 4.78 is 12.7. The Morgan fingerprint density at radius 3 is 2.64 bits per heavy atom. The third-order valence-corrected chi connectivity index (χ3v) is 6.31. The molecule has 2 N–H and O–H groups in total. The van der Waals surface area contributed by atoms with Gasteiger partial charge in [-0.25, -0.2) is 4.79 Å². The molecule has 36 heavy (non-hydrogen) atoms. The Balaban J connectivity index is 1.77. The normalized spacial score (nSPS) is 13.9. The van der Waals surface area contributed by atoms with Crippen molar-refractivity contribution in [2.75, 3.05) is 5.32 Å².